The Bertz CT molecular complexity index is 781. The number of hydrogen-bond acceptors (Lipinski definition) is 4. The first kappa shape index (κ1) is 14.0. The van der Waals surface area contributed by atoms with Gasteiger partial charge in [-0.15, -0.1) is 5.10 Å². The molecule has 0 aliphatic carbocycles. The van der Waals surface area contributed by atoms with E-state index < -0.39 is 0 Å². The normalized spacial score (nSPS) is 11.0. The van der Waals surface area contributed by atoms with Crippen molar-refractivity contribution < 1.29 is 0 Å². The minimum absolute atomic E-state index is 0.632. The number of nitrogens with one attached hydrogen (secondary N) is 1. The SMILES string of the molecule is CCCc1nc2nc(C)cc(Nc3ccccc3Br)n2n1. The van der Waals surface area contributed by atoms with Crippen molar-refractivity contribution in [3.63, 3.8) is 0 Å². The van der Waals surface area contributed by atoms with Crippen LogP contribution in [0, 0.1) is 6.92 Å². The molecule has 5 nitrogen and oxygen atoms in total. The topological polar surface area (TPSA) is 55.1 Å². The van der Waals surface area contributed by atoms with Gasteiger partial charge in [0.1, 0.15) is 5.82 Å². The highest BCUT2D eigenvalue weighted by Crippen LogP contribution is 2.25. The summed E-state index contributed by atoms with van der Waals surface area (Å²) in [6.45, 7) is 4.07. The summed E-state index contributed by atoms with van der Waals surface area (Å²) < 4.78 is 2.76. The molecule has 0 aliphatic rings. The van der Waals surface area contributed by atoms with E-state index in [1.807, 2.05) is 37.3 Å². The number of nitrogens with zero attached hydrogens (tertiary/aromatic N) is 4. The average molecular weight is 346 g/mol. The van der Waals surface area contributed by atoms with Crippen LogP contribution < -0.4 is 5.32 Å². The van der Waals surface area contributed by atoms with Gasteiger partial charge in [0.2, 0.25) is 0 Å². The minimum atomic E-state index is 0.632. The fourth-order valence-electron chi connectivity index (χ4n) is 2.15. The number of aromatic nitrogens is 4. The minimum Gasteiger partial charge on any atom is -0.339 e. The fourth-order valence-corrected chi connectivity index (χ4v) is 2.53. The molecule has 1 aromatic carbocycles. The van der Waals surface area contributed by atoms with Crippen molar-refractivity contribution >= 4 is 33.2 Å². The molecule has 3 aromatic rings. The van der Waals surface area contributed by atoms with E-state index in [9.17, 15) is 0 Å². The predicted octanol–water partition coefficient (Wildman–Crippen LogP) is 3.89. The molecule has 0 saturated carbocycles. The van der Waals surface area contributed by atoms with Gasteiger partial charge in [0, 0.05) is 22.7 Å². The van der Waals surface area contributed by atoms with Crippen molar-refractivity contribution in [1.29, 1.82) is 0 Å². The van der Waals surface area contributed by atoms with Crippen molar-refractivity contribution in [2.24, 2.45) is 0 Å². The molecule has 1 N–H and O–H groups in total. The van der Waals surface area contributed by atoms with Crippen LogP contribution in [-0.4, -0.2) is 19.6 Å². The molecule has 0 unspecified atom stereocenters. The molecule has 0 atom stereocenters. The van der Waals surface area contributed by atoms with Crippen molar-refractivity contribution in [3.8, 4) is 0 Å². The molecule has 108 valence electrons. The highest BCUT2D eigenvalue weighted by Gasteiger charge is 2.10. The van der Waals surface area contributed by atoms with Crippen LogP contribution in [0.2, 0.25) is 0 Å². The van der Waals surface area contributed by atoms with Crippen molar-refractivity contribution in [2.75, 3.05) is 5.32 Å². The van der Waals surface area contributed by atoms with E-state index in [1.165, 1.54) is 0 Å². The first-order valence-corrected chi connectivity index (χ1v) is 7.71. The molecule has 21 heavy (non-hydrogen) atoms. The second-order valence-corrected chi connectivity index (χ2v) is 5.73. The zero-order valence-electron chi connectivity index (χ0n) is 12.0. The summed E-state index contributed by atoms with van der Waals surface area (Å²) >= 11 is 3.54. The maximum absolute atomic E-state index is 4.53. The van der Waals surface area contributed by atoms with E-state index in [-0.39, 0.29) is 0 Å². The van der Waals surface area contributed by atoms with Crippen LogP contribution in [0.5, 0.6) is 0 Å². The number of fused-ring (bicyclic) bond motifs is 1. The van der Waals surface area contributed by atoms with Gasteiger partial charge >= 0.3 is 0 Å². The van der Waals surface area contributed by atoms with Crippen molar-refractivity contribution in [1.82, 2.24) is 19.6 Å². The number of halogens is 1. The lowest BCUT2D eigenvalue weighted by Crippen LogP contribution is -2.03. The Kier molecular flexibility index (Phi) is 3.88. The number of anilines is 2. The first-order chi connectivity index (χ1) is 10.2. The maximum atomic E-state index is 4.53. The quantitative estimate of drug-likeness (QED) is 0.779. The van der Waals surface area contributed by atoms with Crippen LogP contribution in [0.1, 0.15) is 24.9 Å². The highest BCUT2D eigenvalue weighted by atomic mass is 79.9. The lowest BCUT2D eigenvalue weighted by Gasteiger charge is -2.10. The van der Waals surface area contributed by atoms with Gasteiger partial charge in [0.05, 0.1) is 5.69 Å². The molecule has 2 heterocycles. The van der Waals surface area contributed by atoms with Gasteiger partial charge in [0.25, 0.3) is 5.78 Å². The third-order valence-corrected chi connectivity index (χ3v) is 3.79. The van der Waals surface area contributed by atoms with E-state index >= 15 is 0 Å². The molecule has 0 spiro atoms. The molecular formula is C15H16BrN5. The summed E-state index contributed by atoms with van der Waals surface area (Å²) in [5.41, 5.74) is 1.89. The number of hydrogen-bond donors (Lipinski definition) is 1. The average Bonchev–Trinajstić information content (AvgIpc) is 2.84. The Hall–Kier alpha value is -1.95. The Morgan fingerprint density at radius 2 is 2.05 bits per heavy atom. The van der Waals surface area contributed by atoms with Crippen LogP contribution in [-0.2, 0) is 6.42 Å². The molecule has 6 heteroatoms. The standard InChI is InChI=1S/C15H16BrN5/c1-3-6-13-19-15-17-10(2)9-14(21(15)20-13)18-12-8-5-4-7-11(12)16/h4-5,7-9,18H,3,6H2,1-2H3. The lowest BCUT2D eigenvalue weighted by molar-refractivity contribution is 0.819. The number of rotatable bonds is 4. The number of para-hydroxylation sites is 1. The van der Waals surface area contributed by atoms with Gasteiger partial charge in [0.15, 0.2) is 5.82 Å². The summed E-state index contributed by atoms with van der Waals surface area (Å²) in [5, 5.41) is 7.92. The molecule has 0 amide bonds. The predicted molar refractivity (Wildman–Crippen MR) is 86.9 cm³/mol. The van der Waals surface area contributed by atoms with Gasteiger partial charge < -0.3 is 5.32 Å². The molecule has 0 saturated heterocycles. The smallest absolute Gasteiger partial charge is 0.254 e. The van der Waals surface area contributed by atoms with Gasteiger partial charge in [-0.1, -0.05) is 19.1 Å². The van der Waals surface area contributed by atoms with Gasteiger partial charge in [-0.3, -0.25) is 0 Å². The van der Waals surface area contributed by atoms with Crippen LogP contribution >= 0.6 is 15.9 Å². The molecule has 0 fully saturated rings. The van der Waals surface area contributed by atoms with Crippen LogP contribution in [0.25, 0.3) is 5.78 Å². The first-order valence-electron chi connectivity index (χ1n) is 6.92. The monoisotopic (exact) mass is 345 g/mol. The summed E-state index contributed by atoms with van der Waals surface area (Å²) in [5.74, 6) is 2.32. The van der Waals surface area contributed by atoms with Crippen molar-refractivity contribution in [2.45, 2.75) is 26.7 Å². The van der Waals surface area contributed by atoms with Crippen LogP contribution in [0.15, 0.2) is 34.8 Å². The summed E-state index contributed by atoms with van der Waals surface area (Å²) in [6, 6.07) is 9.95. The van der Waals surface area contributed by atoms with Crippen LogP contribution in [0.3, 0.4) is 0 Å². The molecule has 0 aliphatic heterocycles. The van der Waals surface area contributed by atoms with E-state index in [0.29, 0.717) is 5.78 Å². The summed E-state index contributed by atoms with van der Waals surface area (Å²) in [4.78, 5) is 8.92. The number of aryl methyl sites for hydroxylation is 2. The molecule has 0 radical (unpaired) electrons. The fraction of sp³-hybridized carbons (Fsp3) is 0.267. The lowest BCUT2D eigenvalue weighted by atomic mass is 10.3. The Morgan fingerprint density at radius 1 is 1.24 bits per heavy atom. The highest BCUT2D eigenvalue weighted by molar-refractivity contribution is 9.10. The zero-order chi connectivity index (χ0) is 14.8. The summed E-state index contributed by atoms with van der Waals surface area (Å²) in [7, 11) is 0. The summed E-state index contributed by atoms with van der Waals surface area (Å²) in [6.07, 6.45) is 1.87. The van der Waals surface area contributed by atoms with Crippen LogP contribution in [0.4, 0.5) is 11.5 Å². The van der Waals surface area contributed by atoms with Crippen molar-refractivity contribution in [3.05, 3.63) is 46.3 Å². The zero-order valence-corrected chi connectivity index (χ0v) is 13.6. The second-order valence-electron chi connectivity index (χ2n) is 4.88. The maximum Gasteiger partial charge on any atom is 0.254 e. The third-order valence-electron chi connectivity index (χ3n) is 3.09. The van der Waals surface area contributed by atoms with Gasteiger partial charge in [-0.05, 0) is 41.4 Å². The largest absolute Gasteiger partial charge is 0.339 e. The second kappa shape index (κ2) is 5.81. The molecule has 2 aromatic heterocycles. The Balaban J connectivity index is 2.06. The Labute approximate surface area is 131 Å². The molecule has 0 bridgehead atoms. The van der Waals surface area contributed by atoms with E-state index in [4.69, 9.17) is 0 Å². The van der Waals surface area contributed by atoms with E-state index in [0.717, 1.165) is 40.3 Å². The third kappa shape index (κ3) is 2.90. The molecule has 3 rings (SSSR count). The van der Waals surface area contributed by atoms with Gasteiger partial charge in [-0.25, -0.2) is 4.98 Å². The van der Waals surface area contributed by atoms with E-state index in [2.05, 4.69) is 43.2 Å². The van der Waals surface area contributed by atoms with E-state index in [1.54, 1.807) is 4.52 Å². The van der Waals surface area contributed by atoms with Gasteiger partial charge in [-0.2, -0.15) is 9.50 Å². The number of benzene rings is 1. The molecular weight excluding hydrogens is 330 g/mol. The Morgan fingerprint density at radius 3 is 2.81 bits per heavy atom.